The van der Waals surface area contributed by atoms with Gasteiger partial charge in [-0.2, -0.15) is 4.31 Å². The molecule has 2 amide bonds. The summed E-state index contributed by atoms with van der Waals surface area (Å²) in [7, 11) is -3.75. The SMILES string of the molecule is Cc1cc2c(cc1S(=O)(=O)N1CCC(C(=O)N3c4ccccc4C[C@H]3C)CC1)OCC(=O)N2. The quantitative estimate of drug-likeness (QED) is 0.746. The maximum absolute atomic E-state index is 13.4. The van der Waals surface area contributed by atoms with Crippen molar-refractivity contribution in [3.63, 3.8) is 0 Å². The summed E-state index contributed by atoms with van der Waals surface area (Å²) in [5, 5.41) is 2.70. The third kappa shape index (κ3) is 3.79. The first kappa shape index (κ1) is 21.9. The molecule has 3 aliphatic heterocycles. The number of aryl methyl sites for hydroxylation is 1. The molecule has 0 saturated carbocycles. The molecule has 1 N–H and O–H groups in total. The number of piperidine rings is 1. The van der Waals surface area contributed by atoms with E-state index in [0.717, 1.165) is 12.1 Å². The Labute approximate surface area is 193 Å². The molecule has 1 saturated heterocycles. The molecule has 5 rings (SSSR count). The lowest BCUT2D eigenvalue weighted by Crippen LogP contribution is -2.46. The monoisotopic (exact) mass is 469 g/mol. The Morgan fingerprint density at radius 1 is 1.15 bits per heavy atom. The third-order valence-corrected chi connectivity index (χ3v) is 8.82. The van der Waals surface area contributed by atoms with Crippen molar-refractivity contribution in [2.24, 2.45) is 5.92 Å². The van der Waals surface area contributed by atoms with Crippen molar-refractivity contribution in [1.29, 1.82) is 0 Å². The smallest absolute Gasteiger partial charge is 0.262 e. The van der Waals surface area contributed by atoms with Crippen LogP contribution in [0.5, 0.6) is 5.75 Å². The molecule has 0 radical (unpaired) electrons. The van der Waals surface area contributed by atoms with Gasteiger partial charge in [-0.25, -0.2) is 8.42 Å². The van der Waals surface area contributed by atoms with Gasteiger partial charge in [0.1, 0.15) is 5.75 Å². The fourth-order valence-corrected chi connectivity index (χ4v) is 6.77. The molecule has 0 aliphatic carbocycles. The molecular formula is C24H27N3O5S. The van der Waals surface area contributed by atoms with E-state index in [-0.39, 0.29) is 48.4 Å². The molecular weight excluding hydrogens is 442 g/mol. The Kier molecular flexibility index (Phi) is 5.41. The Morgan fingerprint density at radius 2 is 1.88 bits per heavy atom. The molecule has 8 nitrogen and oxygen atoms in total. The number of nitrogens with zero attached hydrogens (tertiary/aromatic N) is 2. The lowest BCUT2D eigenvalue weighted by atomic mass is 9.96. The Hall–Kier alpha value is -2.91. The van der Waals surface area contributed by atoms with Crippen LogP contribution in [0.25, 0.3) is 0 Å². The summed E-state index contributed by atoms with van der Waals surface area (Å²) in [6, 6.07) is 11.2. The second kappa shape index (κ2) is 8.14. The minimum absolute atomic E-state index is 0.0820. The highest BCUT2D eigenvalue weighted by Crippen LogP contribution is 2.37. The van der Waals surface area contributed by atoms with Crippen LogP contribution in [0, 0.1) is 12.8 Å². The zero-order valence-electron chi connectivity index (χ0n) is 18.7. The number of sulfonamides is 1. The van der Waals surface area contributed by atoms with Crippen molar-refractivity contribution in [1.82, 2.24) is 4.31 Å². The van der Waals surface area contributed by atoms with Gasteiger partial charge in [0.05, 0.1) is 10.6 Å². The van der Waals surface area contributed by atoms with Gasteiger partial charge in [-0.3, -0.25) is 9.59 Å². The molecule has 9 heteroatoms. The number of hydrogen-bond donors (Lipinski definition) is 1. The van der Waals surface area contributed by atoms with Crippen LogP contribution in [0.3, 0.4) is 0 Å². The molecule has 3 heterocycles. The maximum Gasteiger partial charge on any atom is 0.262 e. The largest absolute Gasteiger partial charge is 0.482 e. The molecule has 0 spiro atoms. The summed E-state index contributed by atoms with van der Waals surface area (Å²) in [6.07, 6.45) is 1.81. The molecule has 3 aliphatic rings. The fourth-order valence-electron chi connectivity index (χ4n) is 5.07. The summed E-state index contributed by atoms with van der Waals surface area (Å²) in [6.45, 7) is 4.20. The van der Waals surface area contributed by atoms with E-state index >= 15 is 0 Å². The van der Waals surface area contributed by atoms with Gasteiger partial charge in [0.15, 0.2) is 6.61 Å². The number of rotatable bonds is 3. The predicted octanol–water partition coefficient (Wildman–Crippen LogP) is 2.70. The summed E-state index contributed by atoms with van der Waals surface area (Å²) in [5.41, 5.74) is 3.17. The van der Waals surface area contributed by atoms with E-state index in [2.05, 4.69) is 18.3 Å². The number of nitrogens with one attached hydrogen (secondary N) is 1. The lowest BCUT2D eigenvalue weighted by molar-refractivity contribution is -0.123. The molecule has 1 atom stereocenters. The first-order valence-electron chi connectivity index (χ1n) is 11.2. The fraction of sp³-hybridized carbons (Fsp3) is 0.417. The summed E-state index contributed by atoms with van der Waals surface area (Å²) < 4.78 is 33.7. The number of anilines is 2. The Balaban J connectivity index is 1.31. The van der Waals surface area contributed by atoms with Crippen molar-refractivity contribution in [3.8, 4) is 5.75 Å². The number of ether oxygens (including phenoxy) is 1. The highest BCUT2D eigenvalue weighted by atomic mass is 32.2. The van der Waals surface area contributed by atoms with Gasteiger partial charge >= 0.3 is 0 Å². The van der Waals surface area contributed by atoms with Crippen LogP contribution in [0.2, 0.25) is 0 Å². The van der Waals surface area contributed by atoms with Gasteiger partial charge in [0.2, 0.25) is 15.9 Å². The Morgan fingerprint density at radius 3 is 2.64 bits per heavy atom. The molecule has 0 aromatic heterocycles. The Bertz CT molecular complexity index is 1230. The third-order valence-electron chi connectivity index (χ3n) is 6.78. The second-order valence-electron chi connectivity index (χ2n) is 9.02. The summed E-state index contributed by atoms with van der Waals surface area (Å²) >= 11 is 0. The average molecular weight is 470 g/mol. The number of benzene rings is 2. The van der Waals surface area contributed by atoms with Crippen LogP contribution >= 0.6 is 0 Å². The molecule has 174 valence electrons. The van der Waals surface area contributed by atoms with E-state index in [1.807, 2.05) is 23.1 Å². The highest BCUT2D eigenvalue weighted by molar-refractivity contribution is 7.89. The van der Waals surface area contributed by atoms with Crippen LogP contribution in [0.15, 0.2) is 41.3 Å². The second-order valence-corrected chi connectivity index (χ2v) is 10.9. The minimum atomic E-state index is -3.75. The van der Waals surface area contributed by atoms with Gasteiger partial charge in [-0.1, -0.05) is 18.2 Å². The van der Waals surface area contributed by atoms with Crippen LogP contribution in [-0.4, -0.2) is 50.3 Å². The van der Waals surface area contributed by atoms with E-state index in [1.165, 1.54) is 15.9 Å². The van der Waals surface area contributed by atoms with Gasteiger partial charge < -0.3 is 15.0 Å². The van der Waals surface area contributed by atoms with E-state index in [1.54, 1.807) is 13.0 Å². The first-order chi connectivity index (χ1) is 15.8. The normalized spacial score (nSPS) is 21.2. The lowest BCUT2D eigenvalue weighted by Gasteiger charge is -2.34. The first-order valence-corrected chi connectivity index (χ1v) is 12.7. The zero-order valence-corrected chi connectivity index (χ0v) is 19.5. The van der Waals surface area contributed by atoms with Crippen LogP contribution in [0.4, 0.5) is 11.4 Å². The highest BCUT2D eigenvalue weighted by Gasteiger charge is 2.38. The van der Waals surface area contributed by atoms with Crippen molar-refractivity contribution >= 4 is 33.2 Å². The molecule has 1 fully saturated rings. The topological polar surface area (TPSA) is 96.0 Å². The molecule has 33 heavy (non-hydrogen) atoms. The van der Waals surface area contributed by atoms with Gasteiger partial charge in [0, 0.05) is 36.8 Å². The number of hydrogen-bond acceptors (Lipinski definition) is 5. The zero-order chi connectivity index (χ0) is 23.3. The van der Waals surface area contributed by atoms with E-state index in [4.69, 9.17) is 4.74 Å². The van der Waals surface area contributed by atoms with Gasteiger partial charge in [0.25, 0.3) is 5.91 Å². The van der Waals surface area contributed by atoms with E-state index in [0.29, 0.717) is 29.8 Å². The number of para-hydroxylation sites is 1. The standard InChI is InChI=1S/C24H27N3O5S/c1-15-11-19-21(32-14-23(28)25-19)13-22(15)33(30,31)26-9-7-17(8-10-26)24(29)27-16(2)12-18-5-3-4-6-20(18)27/h3-6,11,13,16-17H,7-10,12,14H2,1-2H3,(H,25,28)/t16-/m1/s1. The van der Waals surface area contributed by atoms with E-state index in [9.17, 15) is 18.0 Å². The minimum Gasteiger partial charge on any atom is -0.482 e. The van der Waals surface area contributed by atoms with Crippen LogP contribution < -0.4 is 15.0 Å². The number of amides is 2. The van der Waals surface area contributed by atoms with Crippen molar-refractivity contribution in [3.05, 3.63) is 47.5 Å². The number of fused-ring (bicyclic) bond motifs is 2. The van der Waals surface area contributed by atoms with Crippen LogP contribution in [-0.2, 0) is 26.0 Å². The van der Waals surface area contributed by atoms with Crippen molar-refractivity contribution in [2.45, 2.75) is 44.0 Å². The average Bonchev–Trinajstić information content (AvgIpc) is 3.13. The van der Waals surface area contributed by atoms with Gasteiger partial charge in [-0.15, -0.1) is 0 Å². The summed E-state index contributed by atoms with van der Waals surface area (Å²) in [4.78, 5) is 27.0. The molecule has 0 unspecified atom stereocenters. The van der Waals surface area contributed by atoms with Crippen molar-refractivity contribution in [2.75, 3.05) is 29.9 Å². The van der Waals surface area contributed by atoms with Gasteiger partial charge in [-0.05, 0) is 56.4 Å². The van der Waals surface area contributed by atoms with Crippen molar-refractivity contribution < 1.29 is 22.7 Å². The maximum atomic E-state index is 13.4. The molecule has 2 aromatic rings. The predicted molar refractivity (Wildman–Crippen MR) is 124 cm³/mol. The molecule has 0 bridgehead atoms. The number of carbonyl (C=O) groups is 2. The number of carbonyl (C=O) groups excluding carboxylic acids is 2. The molecule has 2 aromatic carbocycles. The summed E-state index contributed by atoms with van der Waals surface area (Å²) in [5.74, 6) is -0.0310. The van der Waals surface area contributed by atoms with E-state index < -0.39 is 10.0 Å². The van der Waals surface area contributed by atoms with Crippen LogP contribution in [0.1, 0.15) is 30.9 Å².